The van der Waals surface area contributed by atoms with E-state index >= 15 is 0 Å². The first-order valence-electron chi connectivity index (χ1n) is 7.05. The molecule has 21 heavy (non-hydrogen) atoms. The number of aryl methyl sites for hydroxylation is 1. The number of ether oxygens (including phenoxy) is 1. The summed E-state index contributed by atoms with van der Waals surface area (Å²) in [5.41, 5.74) is 2.27. The number of carbonyl (C=O) groups is 1. The summed E-state index contributed by atoms with van der Waals surface area (Å²) in [5.74, 6) is 1.85. The Morgan fingerprint density at radius 3 is 2.62 bits per heavy atom. The number of benzene rings is 1. The number of aromatic nitrogens is 1. The number of pyridine rings is 1. The Morgan fingerprint density at radius 2 is 2.00 bits per heavy atom. The molecule has 1 N–H and O–H groups in total. The molecule has 2 aromatic rings. The first-order chi connectivity index (χ1) is 10.2. The lowest BCUT2D eigenvalue weighted by molar-refractivity contribution is -0.117. The van der Waals surface area contributed by atoms with Gasteiger partial charge in [0.15, 0.2) is 0 Å². The van der Waals surface area contributed by atoms with Gasteiger partial charge in [-0.25, -0.2) is 4.98 Å². The highest BCUT2D eigenvalue weighted by Gasteiger charge is 2.43. The number of hydrogen-bond acceptors (Lipinski definition) is 3. The van der Waals surface area contributed by atoms with Gasteiger partial charge in [-0.1, -0.05) is 18.2 Å². The van der Waals surface area contributed by atoms with Crippen molar-refractivity contribution in [1.29, 1.82) is 0 Å². The van der Waals surface area contributed by atoms with Gasteiger partial charge in [-0.05, 0) is 48.6 Å². The molecule has 4 nitrogen and oxygen atoms in total. The lowest BCUT2D eigenvalue weighted by atomic mass is 10.1. The Bertz CT molecular complexity index is 635. The number of nitrogens with zero attached hydrogens (tertiary/aromatic N) is 1. The summed E-state index contributed by atoms with van der Waals surface area (Å²) >= 11 is 0. The number of anilines is 1. The van der Waals surface area contributed by atoms with Gasteiger partial charge in [0.05, 0.1) is 7.11 Å². The van der Waals surface area contributed by atoms with Gasteiger partial charge in [0.1, 0.15) is 11.6 Å². The normalized spacial score (nSPS) is 19.9. The fourth-order valence-corrected chi connectivity index (χ4v) is 2.46. The minimum absolute atomic E-state index is 0.0431. The van der Waals surface area contributed by atoms with Crippen molar-refractivity contribution < 1.29 is 9.53 Å². The van der Waals surface area contributed by atoms with Crippen LogP contribution in [0.25, 0.3) is 0 Å². The lowest BCUT2D eigenvalue weighted by Crippen LogP contribution is -2.15. The molecule has 0 spiro atoms. The standard InChI is InChI=1S/C17H18N2O2/c1-11-3-8-16(18-10-11)19-17(20)15-9-14(15)12-4-6-13(21-2)7-5-12/h3-8,10,14-15H,9H2,1-2H3,(H,18,19,20). The Hall–Kier alpha value is -2.36. The van der Waals surface area contributed by atoms with Crippen molar-refractivity contribution in [3.05, 3.63) is 53.7 Å². The largest absolute Gasteiger partial charge is 0.497 e. The third-order valence-electron chi connectivity index (χ3n) is 3.83. The highest BCUT2D eigenvalue weighted by Crippen LogP contribution is 2.48. The third-order valence-corrected chi connectivity index (χ3v) is 3.83. The van der Waals surface area contributed by atoms with E-state index in [2.05, 4.69) is 10.3 Å². The molecule has 108 valence electrons. The van der Waals surface area contributed by atoms with E-state index in [9.17, 15) is 4.79 Å². The topological polar surface area (TPSA) is 51.2 Å². The Balaban J connectivity index is 1.61. The highest BCUT2D eigenvalue weighted by molar-refractivity contribution is 5.94. The van der Waals surface area contributed by atoms with Gasteiger partial charge in [-0.2, -0.15) is 0 Å². The summed E-state index contributed by atoms with van der Waals surface area (Å²) in [6, 6.07) is 11.7. The number of amides is 1. The molecule has 1 aliphatic carbocycles. The summed E-state index contributed by atoms with van der Waals surface area (Å²) in [7, 11) is 1.65. The van der Waals surface area contributed by atoms with Gasteiger partial charge in [0.25, 0.3) is 0 Å². The van der Waals surface area contributed by atoms with Crippen molar-refractivity contribution in [2.75, 3.05) is 12.4 Å². The quantitative estimate of drug-likeness (QED) is 0.937. The summed E-state index contributed by atoms with van der Waals surface area (Å²) in [4.78, 5) is 16.4. The molecule has 0 radical (unpaired) electrons. The molecule has 1 aliphatic rings. The van der Waals surface area contributed by atoms with Crippen LogP contribution in [0.2, 0.25) is 0 Å². The average Bonchev–Trinajstić information content (AvgIpc) is 3.30. The van der Waals surface area contributed by atoms with Crippen molar-refractivity contribution in [2.45, 2.75) is 19.3 Å². The maximum Gasteiger partial charge on any atom is 0.229 e. The summed E-state index contributed by atoms with van der Waals surface area (Å²) in [6.07, 6.45) is 2.65. The van der Waals surface area contributed by atoms with Crippen LogP contribution in [0.4, 0.5) is 5.82 Å². The smallest absolute Gasteiger partial charge is 0.229 e. The van der Waals surface area contributed by atoms with E-state index in [0.29, 0.717) is 11.7 Å². The highest BCUT2D eigenvalue weighted by atomic mass is 16.5. The molecule has 1 fully saturated rings. The number of methoxy groups -OCH3 is 1. The van der Waals surface area contributed by atoms with Crippen molar-refractivity contribution in [3.63, 3.8) is 0 Å². The molecular weight excluding hydrogens is 264 g/mol. The molecule has 3 rings (SSSR count). The molecule has 1 heterocycles. The van der Waals surface area contributed by atoms with Crippen LogP contribution in [-0.2, 0) is 4.79 Å². The van der Waals surface area contributed by atoms with Gasteiger partial charge < -0.3 is 10.1 Å². The molecule has 4 heteroatoms. The van der Waals surface area contributed by atoms with Crippen LogP contribution >= 0.6 is 0 Å². The predicted octanol–water partition coefficient (Wildman–Crippen LogP) is 3.14. The SMILES string of the molecule is COc1ccc(C2CC2C(=O)Nc2ccc(C)cn2)cc1. The molecule has 0 bridgehead atoms. The van der Waals surface area contributed by atoms with E-state index in [1.54, 1.807) is 13.3 Å². The zero-order valence-corrected chi connectivity index (χ0v) is 12.2. The van der Waals surface area contributed by atoms with Crippen LogP contribution in [0.5, 0.6) is 5.75 Å². The number of hydrogen-bond donors (Lipinski definition) is 1. The second kappa shape index (κ2) is 5.56. The fraction of sp³-hybridized carbons (Fsp3) is 0.294. The molecule has 2 unspecified atom stereocenters. The minimum Gasteiger partial charge on any atom is -0.497 e. The number of carbonyl (C=O) groups excluding carboxylic acids is 1. The van der Waals surface area contributed by atoms with E-state index in [1.165, 1.54) is 5.56 Å². The van der Waals surface area contributed by atoms with Crippen molar-refractivity contribution >= 4 is 11.7 Å². The Morgan fingerprint density at radius 1 is 1.24 bits per heavy atom. The minimum atomic E-state index is 0.0431. The van der Waals surface area contributed by atoms with Gasteiger partial charge in [-0.3, -0.25) is 4.79 Å². The molecule has 1 aromatic carbocycles. The summed E-state index contributed by atoms with van der Waals surface area (Å²) < 4.78 is 5.14. The molecule has 1 amide bonds. The molecular formula is C17H18N2O2. The monoisotopic (exact) mass is 282 g/mol. The molecule has 1 aromatic heterocycles. The van der Waals surface area contributed by atoms with Crippen LogP contribution in [0.1, 0.15) is 23.5 Å². The van der Waals surface area contributed by atoms with Gasteiger partial charge >= 0.3 is 0 Å². The van der Waals surface area contributed by atoms with E-state index in [0.717, 1.165) is 17.7 Å². The van der Waals surface area contributed by atoms with Crippen LogP contribution in [0, 0.1) is 12.8 Å². The van der Waals surface area contributed by atoms with Gasteiger partial charge in [0, 0.05) is 12.1 Å². The Labute approximate surface area is 124 Å². The van der Waals surface area contributed by atoms with Crippen molar-refractivity contribution in [2.24, 2.45) is 5.92 Å². The molecule has 1 saturated carbocycles. The van der Waals surface area contributed by atoms with E-state index < -0.39 is 0 Å². The molecule has 2 atom stereocenters. The fourth-order valence-electron chi connectivity index (χ4n) is 2.46. The Kier molecular flexibility index (Phi) is 3.60. The lowest BCUT2D eigenvalue weighted by Gasteiger charge is -2.05. The average molecular weight is 282 g/mol. The molecule has 0 aliphatic heterocycles. The summed E-state index contributed by atoms with van der Waals surface area (Å²) in [5, 5.41) is 2.88. The number of nitrogens with one attached hydrogen (secondary N) is 1. The zero-order valence-electron chi connectivity index (χ0n) is 12.2. The van der Waals surface area contributed by atoms with Gasteiger partial charge in [-0.15, -0.1) is 0 Å². The van der Waals surface area contributed by atoms with Crippen molar-refractivity contribution in [3.8, 4) is 5.75 Å². The van der Waals surface area contributed by atoms with E-state index in [1.807, 2.05) is 43.3 Å². The maximum absolute atomic E-state index is 12.2. The predicted molar refractivity (Wildman–Crippen MR) is 81.4 cm³/mol. The van der Waals surface area contributed by atoms with E-state index in [4.69, 9.17) is 4.74 Å². The van der Waals surface area contributed by atoms with Gasteiger partial charge in [0.2, 0.25) is 5.91 Å². The zero-order chi connectivity index (χ0) is 14.8. The maximum atomic E-state index is 12.2. The second-order valence-electron chi connectivity index (χ2n) is 5.43. The first kappa shape index (κ1) is 13.6. The van der Waals surface area contributed by atoms with Crippen LogP contribution < -0.4 is 10.1 Å². The second-order valence-corrected chi connectivity index (χ2v) is 5.43. The van der Waals surface area contributed by atoms with Crippen LogP contribution in [0.3, 0.4) is 0 Å². The first-order valence-corrected chi connectivity index (χ1v) is 7.05. The number of rotatable bonds is 4. The van der Waals surface area contributed by atoms with Crippen LogP contribution in [0.15, 0.2) is 42.6 Å². The third kappa shape index (κ3) is 3.05. The van der Waals surface area contributed by atoms with E-state index in [-0.39, 0.29) is 11.8 Å². The van der Waals surface area contributed by atoms with Crippen molar-refractivity contribution in [1.82, 2.24) is 4.98 Å². The summed E-state index contributed by atoms with van der Waals surface area (Å²) in [6.45, 7) is 1.97. The molecule has 0 saturated heterocycles. The van der Waals surface area contributed by atoms with Crippen LogP contribution in [-0.4, -0.2) is 18.0 Å².